The Labute approximate surface area is 101 Å². The fourth-order valence-electron chi connectivity index (χ4n) is 1.26. The molecule has 1 atom stereocenters. The minimum absolute atomic E-state index is 0.235. The van der Waals surface area contributed by atoms with Gasteiger partial charge in [-0.3, -0.25) is 0 Å². The van der Waals surface area contributed by atoms with Gasteiger partial charge >= 0.3 is 0 Å². The number of hydrogen-bond donors (Lipinski definition) is 1. The van der Waals surface area contributed by atoms with Crippen molar-refractivity contribution in [1.29, 1.82) is 0 Å². The molecule has 1 aromatic rings. The van der Waals surface area contributed by atoms with Gasteiger partial charge in [0.2, 0.25) is 5.89 Å². The van der Waals surface area contributed by atoms with Crippen molar-refractivity contribution in [2.24, 2.45) is 5.92 Å². The van der Waals surface area contributed by atoms with Crippen LogP contribution in [0.25, 0.3) is 0 Å². The van der Waals surface area contributed by atoms with Crippen LogP contribution in [0.4, 0.5) is 0 Å². The number of nitrogens with zero attached hydrogens (tertiary/aromatic N) is 2. The molecule has 0 bridgehead atoms. The Balaban J connectivity index is 2.34. The maximum atomic E-state index is 8.77. The average molecular weight is 244 g/mol. The number of hydrogen-bond acceptors (Lipinski definition) is 5. The molecule has 0 unspecified atom stereocenters. The highest BCUT2D eigenvalue weighted by Crippen LogP contribution is 2.18. The zero-order chi connectivity index (χ0) is 12.0. The lowest BCUT2D eigenvalue weighted by molar-refractivity contribution is 0.289. The Morgan fingerprint density at radius 2 is 2.12 bits per heavy atom. The Morgan fingerprint density at radius 3 is 2.75 bits per heavy atom. The predicted octanol–water partition coefficient (Wildman–Crippen LogP) is 2.27. The molecular formula is C11H20N2O2S. The van der Waals surface area contributed by atoms with Crippen molar-refractivity contribution in [3.05, 3.63) is 11.7 Å². The summed E-state index contributed by atoms with van der Waals surface area (Å²) in [5, 5.41) is 13.1. The van der Waals surface area contributed by atoms with Gasteiger partial charge in [0.05, 0.1) is 5.75 Å². The molecule has 1 heterocycles. The minimum Gasteiger partial charge on any atom is -0.396 e. The molecule has 4 nitrogen and oxygen atoms in total. The predicted molar refractivity (Wildman–Crippen MR) is 65.3 cm³/mol. The maximum Gasteiger partial charge on any atom is 0.226 e. The monoisotopic (exact) mass is 244 g/mol. The standard InChI is InChI=1S/C11H20N2O2S/c1-8(2)6-11-12-10(13-15-11)7-16-9(3)4-5-14/h8-9,14H,4-7H2,1-3H3/t9-/m0/s1. The van der Waals surface area contributed by atoms with E-state index in [2.05, 4.69) is 30.9 Å². The summed E-state index contributed by atoms with van der Waals surface area (Å²) in [6.07, 6.45) is 1.64. The normalized spacial score (nSPS) is 13.3. The molecule has 16 heavy (non-hydrogen) atoms. The van der Waals surface area contributed by atoms with Crippen molar-refractivity contribution in [3.8, 4) is 0 Å². The molecule has 0 saturated heterocycles. The summed E-state index contributed by atoms with van der Waals surface area (Å²) >= 11 is 1.74. The quantitative estimate of drug-likeness (QED) is 0.797. The molecule has 5 heteroatoms. The molecule has 0 amide bonds. The molecule has 0 radical (unpaired) electrons. The first kappa shape index (κ1) is 13.5. The van der Waals surface area contributed by atoms with E-state index in [4.69, 9.17) is 9.63 Å². The lowest BCUT2D eigenvalue weighted by Crippen LogP contribution is -2.00. The molecule has 0 aromatic carbocycles. The Bertz CT molecular complexity index is 302. The van der Waals surface area contributed by atoms with E-state index in [1.54, 1.807) is 11.8 Å². The highest BCUT2D eigenvalue weighted by atomic mass is 32.2. The van der Waals surface area contributed by atoms with Gasteiger partial charge in [-0.25, -0.2) is 0 Å². The summed E-state index contributed by atoms with van der Waals surface area (Å²) in [5.74, 6) is 2.77. The van der Waals surface area contributed by atoms with Crippen LogP contribution in [0.3, 0.4) is 0 Å². The lowest BCUT2D eigenvalue weighted by Gasteiger charge is -2.06. The first-order valence-electron chi connectivity index (χ1n) is 5.65. The average Bonchev–Trinajstić information content (AvgIpc) is 2.62. The Morgan fingerprint density at radius 1 is 1.38 bits per heavy atom. The smallest absolute Gasteiger partial charge is 0.226 e. The van der Waals surface area contributed by atoms with Crippen molar-refractivity contribution in [1.82, 2.24) is 10.1 Å². The van der Waals surface area contributed by atoms with Crippen molar-refractivity contribution in [3.63, 3.8) is 0 Å². The van der Waals surface area contributed by atoms with Gasteiger partial charge in [-0.1, -0.05) is 25.9 Å². The molecule has 0 aliphatic heterocycles. The molecule has 1 rings (SSSR count). The second-order valence-corrected chi connectivity index (χ2v) is 5.76. The number of aliphatic hydroxyl groups is 1. The number of aromatic nitrogens is 2. The fourth-order valence-corrected chi connectivity index (χ4v) is 2.09. The van der Waals surface area contributed by atoms with Crippen LogP contribution < -0.4 is 0 Å². The zero-order valence-corrected chi connectivity index (χ0v) is 11.0. The van der Waals surface area contributed by atoms with Gasteiger partial charge in [0.25, 0.3) is 0 Å². The summed E-state index contributed by atoms with van der Waals surface area (Å²) in [6.45, 7) is 6.58. The largest absolute Gasteiger partial charge is 0.396 e. The van der Waals surface area contributed by atoms with Gasteiger partial charge in [-0.2, -0.15) is 16.7 Å². The van der Waals surface area contributed by atoms with E-state index in [0.717, 1.165) is 30.3 Å². The maximum absolute atomic E-state index is 8.77. The molecule has 0 aliphatic carbocycles. The van der Waals surface area contributed by atoms with Crippen LogP contribution in [0, 0.1) is 5.92 Å². The van der Waals surface area contributed by atoms with Crippen LogP contribution in [-0.2, 0) is 12.2 Å². The molecular weight excluding hydrogens is 224 g/mol. The third-order valence-electron chi connectivity index (χ3n) is 2.13. The summed E-state index contributed by atoms with van der Waals surface area (Å²) in [5.41, 5.74) is 0. The van der Waals surface area contributed by atoms with Gasteiger partial charge < -0.3 is 9.63 Å². The summed E-state index contributed by atoms with van der Waals surface area (Å²) < 4.78 is 5.14. The lowest BCUT2D eigenvalue weighted by atomic mass is 10.1. The highest BCUT2D eigenvalue weighted by Gasteiger charge is 2.09. The van der Waals surface area contributed by atoms with Crippen molar-refractivity contribution in [2.45, 2.75) is 44.6 Å². The Hall–Kier alpha value is -0.550. The minimum atomic E-state index is 0.235. The van der Waals surface area contributed by atoms with Crippen LogP contribution in [0.1, 0.15) is 38.9 Å². The van der Waals surface area contributed by atoms with E-state index in [1.165, 1.54) is 0 Å². The third-order valence-corrected chi connectivity index (χ3v) is 3.36. The SMILES string of the molecule is CC(C)Cc1nc(CS[C@@H](C)CCO)no1. The summed E-state index contributed by atoms with van der Waals surface area (Å²) in [7, 11) is 0. The molecule has 92 valence electrons. The van der Waals surface area contributed by atoms with E-state index >= 15 is 0 Å². The van der Waals surface area contributed by atoms with Gasteiger partial charge in [0, 0.05) is 18.3 Å². The third kappa shape index (κ3) is 4.99. The highest BCUT2D eigenvalue weighted by molar-refractivity contribution is 7.99. The van der Waals surface area contributed by atoms with Gasteiger partial charge in [-0.15, -0.1) is 0 Å². The molecule has 0 spiro atoms. The van der Waals surface area contributed by atoms with Gasteiger partial charge in [0.1, 0.15) is 0 Å². The molecule has 0 saturated carbocycles. The van der Waals surface area contributed by atoms with E-state index < -0.39 is 0 Å². The van der Waals surface area contributed by atoms with E-state index in [-0.39, 0.29) is 6.61 Å². The second kappa shape index (κ2) is 6.91. The van der Waals surface area contributed by atoms with Crippen molar-refractivity contribution < 1.29 is 9.63 Å². The van der Waals surface area contributed by atoms with Crippen molar-refractivity contribution in [2.75, 3.05) is 6.61 Å². The Kier molecular flexibility index (Phi) is 5.84. The van der Waals surface area contributed by atoms with E-state index in [9.17, 15) is 0 Å². The van der Waals surface area contributed by atoms with Crippen LogP contribution in [0.2, 0.25) is 0 Å². The summed E-state index contributed by atoms with van der Waals surface area (Å²) in [6, 6.07) is 0. The topological polar surface area (TPSA) is 59.2 Å². The van der Waals surface area contributed by atoms with Gasteiger partial charge in [0.15, 0.2) is 5.82 Å². The van der Waals surface area contributed by atoms with Gasteiger partial charge in [-0.05, 0) is 12.3 Å². The van der Waals surface area contributed by atoms with Crippen LogP contribution in [0.5, 0.6) is 0 Å². The van der Waals surface area contributed by atoms with Crippen molar-refractivity contribution >= 4 is 11.8 Å². The second-order valence-electron chi connectivity index (χ2n) is 4.34. The zero-order valence-electron chi connectivity index (χ0n) is 10.1. The van der Waals surface area contributed by atoms with Crippen LogP contribution in [0.15, 0.2) is 4.52 Å². The van der Waals surface area contributed by atoms with Crippen LogP contribution >= 0.6 is 11.8 Å². The van der Waals surface area contributed by atoms with E-state index in [0.29, 0.717) is 11.2 Å². The number of rotatable bonds is 7. The number of aliphatic hydroxyl groups excluding tert-OH is 1. The summed E-state index contributed by atoms with van der Waals surface area (Å²) in [4.78, 5) is 4.32. The fraction of sp³-hybridized carbons (Fsp3) is 0.818. The van der Waals surface area contributed by atoms with E-state index in [1.807, 2.05) is 0 Å². The first-order chi connectivity index (χ1) is 7.61. The molecule has 1 N–H and O–H groups in total. The molecule has 1 aromatic heterocycles. The number of thioether (sulfide) groups is 1. The van der Waals surface area contributed by atoms with Crippen LogP contribution in [-0.4, -0.2) is 27.1 Å². The first-order valence-corrected chi connectivity index (χ1v) is 6.70. The molecule has 0 aliphatic rings. The molecule has 0 fully saturated rings.